The number of hydrogen-bond donors (Lipinski definition) is 2. The summed E-state index contributed by atoms with van der Waals surface area (Å²) in [5.41, 5.74) is 1.51. The van der Waals surface area contributed by atoms with Crippen LogP contribution >= 0.6 is 0 Å². The summed E-state index contributed by atoms with van der Waals surface area (Å²) in [4.78, 5) is 26.7. The highest BCUT2D eigenvalue weighted by atomic mass is 16.5. The van der Waals surface area contributed by atoms with Crippen molar-refractivity contribution in [3.8, 4) is 17.2 Å². The van der Waals surface area contributed by atoms with Gasteiger partial charge in [-0.2, -0.15) is 0 Å². The lowest BCUT2D eigenvalue weighted by atomic mass is 10.0. The minimum Gasteiger partial charge on any atom is -0.497 e. The van der Waals surface area contributed by atoms with E-state index in [1.165, 1.54) is 14.2 Å². The van der Waals surface area contributed by atoms with E-state index in [9.17, 15) is 9.59 Å². The zero-order chi connectivity index (χ0) is 25.5. The number of para-hydroxylation sites is 4. The molecule has 0 aliphatic carbocycles. The molecule has 0 fully saturated rings. The Hall–Kier alpha value is -4.78. The van der Waals surface area contributed by atoms with Crippen LogP contribution in [0.5, 0.6) is 17.2 Å². The third-order valence-corrected chi connectivity index (χ3v) is 5.58. The van der Waals surface area contributed by atoms with E-state index in [1.54, 1.807) is 61.7 Å². The number of nitrogens with one attached hydrogen (secondary N) is 2. The van der Waals surface area contributed by atoms with Gasteiger partial charge in [-0.3, -0.25) is 9.59 Å². The Bertz CT molecular complexity index is 1380. The molecule has 0 saturated carbocycles. The quantitative estimate of drug-likeness (QED) is 0.196. The molecule has 0 spiro atoms. The van der Waals surface area contributed by atoms with Crippen molar-refractivity contribution in [2.75, 3.05) is 32.0 Å². The van der Waals surface area contributed by atoms with Crippen LogP contribution in [0.25, 0.3) is 16.8 Å². The number of benzene rings is 4. The molecule has 0 heterocycles. The maximum atomic E-state index is 13.4. The molecule has 0 aliphatic rings. The van der Waals surface area contributed by atoms with Crippen LogP contribution in [0.2, 0.25) is 0 Å². The zero-order valence-corrected chi connectivity index (χ0v) is 20.2. The Morgan fingerprint density at radius 2 is 1.17 bits per heavy atom. The fourth-order valence-electron chi connectivity index (χ4n) is 3.74. The molecule has 36 heavy (non-hydrogen) atoms. The third-order valence-electron chi connectivity index (χ3n) is 5.58. The van der Waals surface area contributed by atoms with Gasteiger partial charge in [0.05, 0.1) is 32.7 Å². The molecule has 2 amide bonds. The number of rotatable bonds is 8. The van der Waals surface area contributed by atoms with E-state index in [4.69, 9.17) is 14.2 Å². The zero-order valence-electron chi connectivity index (χ0n) is 20.2. The van der Waals surface area contributed by atoms with E-state index in [0.717, 1.165) is 16.5 Å². The van der Waals surface area contributed by atoms with Gasteiger partial charge in [-0.1, -0.05) is 42.5 Å². The molecule has 182 valence electrons. The Balaban J connectivity index is 1.72. The van der Waals surface area contributed by atoms with Gasteiger partial charge in [-0.05, 0) is 64.9 Å². The lowest BCUT2D eigenvalue weighted by Gasteiger charge is -2.14. The molecular weight excluding hydrogens is 456 g/mol. The first-order valence-electron chi connectivity index (χ1n) is 11.2. The monoisotopic (exact) mass is 482 g/mol. The number of hydrogen-bond acceptors (Lipinski definition) is 5. The van der Waals surface area contributed by atoms with Gasteiger partial charge in [0.1, 0.15) is 22.8 Å². The van der Waals surface area contributed by atoms with E-state index >= 15 is 0 Å². The van der Waals surface area contributed by atoms with Crippen LogP contribution in [0.3, 0.4) is 0 Å². The van der Waals surface area contributed by atoms with Gasteiger partial charge in [0.25, 0.3) is 11.8 Å². The molecule has 7 heteroatoms. The first-order chi connectivity index (χ1) is 17.5. The number of carbonyl (C=O) groups is 2. The van der Waals surface area contributed by atoms with E-state index in [0.29, 0.717) is 28.4 Å². The molecule has 0 unspecified atom stereocenters. The summed E-state index contributed by atoms with van der Waals surface area (Å²) in [5, 5.41) is 7.50. The van der Waals surface area contributed by atoms with E-state index in [-0.39, 0.29) is 5.57 Å². The maximum Gasteiger partial charge on any atom is 0.261 e. The number of methoxy groups -OCH3 is 3. The summed E-state index contributed by atoms with van der Waals surface area (Å²) in [6.07, 6.45) is 1.55. The molecule has 0 aliphatic heterocycles. The summed E-state index contributed by atoms with van der Waals surface area (Å²) in [5.74, 6) is 0.548. The fourth-order valence-corrected chi connectivity index (χ4v) is 3.74. The van der Waals surface area contributed by atoms with Crippen LogP contribution in [0.4, 0.5) is 11.4 Å². The molecule has 4 aromatic rings. The van der Waals surface area contributed by atoms with Crippen LogP contribution in [-0.2, 0) is 9.59 Å². The second-order valence-electron chi connectivity index (χ2n) is 7.84. The Kier molecular flexibility index (Phi) is 7.51. The molecule has 7 nitrogen and oxygen atoms in total. The van der Waals surface area contributed by atoms with Crippen LogP contribution in [0.1, 0.15) is 5.56 Å². The van der Waals surface area contributed by atoms with Crippen molar-refractivity contribution < 1.29 is 23.8 Å². The van der Waals surface area contributed by atoms with Crippen molar-refractivity contribution in [3.05, 3.63) is 96.1 Å². The number of anilines is 2. The third kappa shape index (κ3) is 5.47. The second kappa shape index (κ2) is 11.1. The average Bonchev–Trinajstić information content (AvgIpc) is 2.91. The lowest BCUT2D eigenvalue weighted by molar-refractivity contribution is -0.118. The Morgan fingerprint density at radius 1 is 0.639 bits per heavy atom. The molecule has 4 rings (SSSR count). The molecular formula is C29H26N2O5. The van der Waals surface area contributed by atoms with Gasteiger partial charge >= 0.3 is 0 Å². The predicted molar refractivity (Wildman–Crippen MR) is 142 cm³/mol. The van der Waals surface area contributed by atoms with E-state index < -0.39 is 11.8 Å². The Morgan fingerprint density at radius 3 is 1.72 bits per heavy atom. The normalized spacial score (nSPS) is 10.3. The smallest absolute Gasteiger partial charge is 0.261 e. The van der Waals surface area contributed by atoms with Crippen molar-refractivity contribution in [2.24, 2.45) is 0 Å². The highest BCUT2D eigenvalue weighted by Gasteiger charge is 2.21. The summed E-state index contributed by atoms with van der Waals surface area (Å²) in [6.45, 7) is 0. The van der Waals surface area contributed by atoms with Crippen molar-refractivity contribution in [1.82, 2.24) is 0 Å². The fraction of sp³-hybridized carbons (Fsp3) is 0.103. The molecule has 0 saturated heterocycles. The summed E-state index contributed by atoms with van der Waals surface area (Å²) < 4.78 is 16.0. The van der Waals surface area contributed by atoms with Crippen molar-refractivity contribution in [1.29, 1.82) is 0 Å². The topological polar surface area (TPSA) is 85.9 Å². The summed E-state index contributed by atoms with van der Waals surface area (Å²) in [7, 11) is 4.64. The summed E-state index contributed by atoms with van der Waals surface area (Å²) >= 11 is 0. The number of fused-ring (bicyclic) bond motifs is 1. The summed E-state index contributed by atoms with van der Waals surface area (Å²) in [6, 6.07) is 25.4. The van der Waals surface area contributed by atoms with Gasteiger partial charge in [-0.25, -0.2) is 0 Å². The van der Waals surface area contributed by atoms with Crippen LogP contribution in [0.15, 0.2) is 90.5 Å². The van der Waals surface area contributed by atoms with Gasteiger partial charge in [0, 0.05) is 0 Å². The molecule has 0 radical (unpaired) electrons. The number of amides is 2. The molecule has 0 aromatic heterocycles. The van der Waals surface area contributed by atoms with E-state index in [1.807, 2.05) is 36.4 Å². The highest BCUT2D eigenvalue weighted by Crippen LogP contribution is 2.27. The van der Waals surface area contributed by atoms with Gasteiger partial charge in [-0.15, -0.1) is 0 Å². The lowest BCUT2D eigenvalue weighted by Crippen LogP contribution is -2.25. The molecule has 2 N–H and O–H groups in total. The average molecular weight is 483 g/mol. The minimum absolute atomic E-state index is 0.0836. The molecule has 0 atom stereocenters. The number of ether oxygens (including phenoxy) is 3. The van der Waals surface area contributed by atoms with Gasteiger partial charge in [0.15, 0.2) is 0 Å². The standard InChI is InChI=1S/C29H26N2O5/c1-34-22-15-14-20-16-19(12-13-21(20)18-22)17-23(28(32)30-24-8-4-6-10-26(24)35-2)29(33)31-25-9-5-7-11-27(25)36-3/h4-18H,1-3H3,(H,30,32)(H,31,33). The largest absolute Gasteiger partial charge is 0.497 e. The molecule has 4 aromatic carbocycles. The first kappa shape index (κ1) is 24.3. The van der Waals surface area contributed by atoms with E-state index in [2.05, 4.69) is 10.6 Å². The van der Waals surface area contributed by atoms with Crippen LogP contribution in [-0.4, -0.2) is 33.1 Å². The number of carbonyl (C=O) groups excluding carboxylic acids is 2. The van der Waals surface area contributed by atoms with Crippen LogP contribution in [0, 0.1) is 0 Å². The van der Waals surface area contributed by atoms with Crippen molar-refractivity contribution in [2.45, 2.75) is 0 Å². The molecule has 0 bridgehead atoms. The van der Waals surface area contributed by atoms with Crippen molar-refractivity contribution >= 4 is 40.0 Å². The SMILES string of the molecule is COc1ccc2cc(C=C(C(=O)Nc3ccccc3OC)C(=O)Nc3ccccc3OC)ccc2c1. The first-order valence-corrected chi connectivity index (χ1v) is 11.2. The maximum absolute atomic E-state index is 13.4. The minimum atomic E-state index is -0.582. The van der Waals surface area contributed by atoms with Gasteiger partial charge in [0.2, 0.25) is 0 Å². The highest BCUT2D eigenvalue weighted by molar-refractivity contribution is 6.29. The van der Waals surface area contributed by atoms with Gasteiger partial charge < -0.3 is 24.8 Å². The van der Waals surface area contributed by atoms with Crippen molar-refractivity contribution in [3.63, 3.8) is 0 Å². The Labute approximate surface area is 209 Å². The predicted octanol–water partition coefficient (Wildman–Crippen LogP) is 5.53. The second-order valence-corrected chi connectivity index (χ2v) is 7.84. The van der Waals surface area contributed by atoms with Crippen LogP contribution < -0.4 is 24.8 Å².